The summed E-state index contributed by atoms with van der Waals surface area (Å²) in [4.78, 5) is 1.44. The number of ether oxygens (including phenoxy) is 1. The Bertz CT molecular complexity index is 282. The fourth-order valence-corrected chi connectivity index (χ4v) is 1.99. The zero-order valence-electron chi connectivity index (χ0n) is 10.00. The van der Waals surface area contributed by atoms with E-state index in [1.807, 2.05) is 18.3 Å². The fourth-order valence-electron chi connectivity index (χ4n) is 1.28. The number of nitrogens with one attached hydrogen (secondary N) is 1. The van der Waals surface area contributed by atoms with Crippen LogP contribution in [0.3, 0.4) is 0 Å². The van der Waals surface area contributed by atoms with Gasteiger partial charge in [0, 0.05) is 18.0 Å². The molecule has 0 unspecified atom stereocenters. The molecule has 1 aromatic heterocycles. The third-order valence-corrected chi connectivity index (χ3v) is 3.16. The van der Waals surface area contributed by atoms with Crippen molar-refractivity contribution >= 4 is 11.3 Å². The fraction of sp³-hybridized carbons (Fsp3) is 0.538. The Balaban J connectivity index is 1.83. The van der Waals surface area contributed by atoms with E-state index in [0.29, 0.717) is 0 Å². The van der Waals surface area contributed by atoms with E-state index in [1.165, 1.54) is 10.5 Å². The summed E-state index contributed by atoms with van der Waals surface area (Å²) in [5.41, 5.74) is 1.19. The van der Waals surface area contributed by atoms with Gasteiger partial charge in [0.05, 0.1) is 13.2 Å². The van der Waals surface area contributed by atoms with Crippen LogP contribution in [0.1, 0.15) is 18.2 Å². The lowest BCUT2D eigenvalue weighted by Crippen LogP contribution is -2.22. The molecule has 1 N–H and O–H groups in total. The predicted molar refractivity (Wildman–Crippen MR) is 71.1 cm³/mol. The standard InChI is InChI=1S/C13H21NOS/c1-12(2)6-9-15-10-8-14-7-5-13-4-3-11-16-13/h3-4,11,14H,1,5-10H2,2H3. The van der Waals surface area contributed by atoms with Gasteiger partial charge in [-0.25, -0.2) is 0 Å². The van der Waals surface area contributed by atoms with Crippen molar-refractivity contribution in [2.24, 2.45) is 0 Å². The average Bonchev–Trinajstić information content (AvgIpc) is 2.74. The molecule has 0 bridgehead atoms. The van der Waals surface area contributed by atoms with E-state index in [0.717, 1.165) is 39.1 Å². The van der Waals surface area contributed by atoms with Gasteiger partial charge in [-0.1, -0.05) is 11.6 Å². The first-order valence-electron chi connectivity index (χ1n) is 5.74. The zero-order chi connectivity index (χ0) is 11.6. The van der Waals surface area contributed by atoms with E-state index in [9.17, 15) is 0 Å². The van der Waals surface area contributed by atoms with Gasteiger partial charge in [-0.05, 0) is 31.2 Å². The summed E-state index contributed by atoms with van der Waals surface area (Å²) in [6.45, 7) is 9.41. The van der Waals surface area contributed by atoms with Crippen molar-refractivity contribution in [1.29, 1.82) is 0 Å². The van der Waals surface area contributed by atoms with Gasteiger partial charge >= 0.3 is 0 Å². The second kappa shape index (κ2) is 8.50. The average molecular weight is 239 g/mol. The zero-order valence-corrected chi connectivity index (χ0v) is 10.8. The van der Waals surface area contributed by atoms with Crippen LogP contribution in [0.25, 0.3) is 0 Å². The molecule has 0 spiro atoms. The van der Waals surface area contributed by atoms with Crippen LogP contribution in [-0.2, 0) is 11.2 Å². The molecule has 0 fully saturated rings. The van der Waals surface area contributed by atoms with E-state index < -0.39 is 0 Å². The van der Waals surface area contributed by atoms with Crippen LogP contribution in [0, 0.1) is 0 Å². The van der Waals surface area contributed by atoms with Crippen LogP contribution in [0.5, 0.6) is 0 Å². The van der Waals surface area contributed by atoms with Crippen LogP contribution in [0.2, 0.25) is 0 Å². The van der Waals surface area contributed by atoms with Gasteiger partial charge in [-0.3, -0.25) is 0 Å². The maximum atomic E-state index is 5.46. The number of rotatable bonds is 9. The van der Waals surface area contributed by atoms with E-state index in [1.54, 1.807) is 0 Å². The molecule has 3 heteroatoms. The Morgan fingerprint density at radius 3 is 3.00 bits per heavy atom. The molecule has 0 radical (unpaired) electrons. The molecule has 0 aliphatic rings. The molecule has 1 aromatic rings. The summed E-state index contributed by atoms with van der Waals surface area (Å²) in [5.74, 6) is 0. The van der Waals surface area contributed by atoms with Crippen molar-refractivity contribution in [2.45, 2.75) is 19.8 Å². The molecule has 1 rings (SSSR count). The third kappa shape index (κ3) is 6.77. The molecule has 0 saturated heterocycles. The molecular weight excluding hydrogens is 218 g/mol. The second-order valence-electron chi connectivity index (χ2n) is 3.90. The minimum absolute atomic E-state index is 0.789. The van der Waals surface area contributed by atoms with Gasteiger partial charge in [0.15, 0.2) is 0 Å². The van der Waals surface area contributed by atoms with Crippen LogP contribution in [0.15, 0.2) is 29.7 Å². The summed E-state index contributed by atoms with van der Waals surface area (Å²) >= 11 is 1.82. The van der Waals surface area contributed by atoms with Crippen LogP contribution in [0.4, 0.5) is 0 Å². The van der Waals surface area contributed by atoms with Gasteiger partial charge in [0.25, 0.3) is 0 Å². The monoisotopic (exact) mass is 239 g/mol. The minimum atomic E-state index is 0.789. The highest BCUT2D eigenvalue weighted by Crippen LogP contribution is 2.07. The third-order valence-electron chi connectivity index (χ3n) is 2.22. The highest BCUT2D eigenvalue weighted by Gasteiger charge is 1.93. The first-order valence-corrected chi connectivity index (χ1v) is 6.62. The molecule has 0 amide bonds. The van der Waals surface area contributed by atoms with Gasteiger partial charge in [-0.2, -0.15) is 0 Å². The molecule has 90 valence electrons. The van der Waals surface area contributed by atoms with Crippen molar-refractivity contribution in [3.05, 3.63) is 34.5 Å². The Hall–Kier alpha value is -0.640. The van der Waals surface area contributed by atoms with Crippen molar-refractivity contribution in [3.8, 4) is 0 Å². The summed E-state index contributed by atoms with van der Waals surface area (Å²) in [6.07, 6.45) is 2.08. The van der Waals surface area contributed by atoms with Gasteiger partial charge in [0.2, 0.25) is 0 Å². The van der Waals surface area contributed by atoms with E-state index in [-0.39, 0.29) is 0 Å². The first-order chi connectivity index (χ1) is 7.79. The number of hydrogen-bond donors (Lipinski definition) is 1. The van der Waals surface area contributed by atoms with E-state index in [2.05, 4.69) is 29.4 Å². The summed E-state index contributed by atoms with van der Waals surface area (Å²) < 4.78 is 5.46. The predicted octanol–water partition coefficient (Wildman–Crippen LogP) is 2.86. The molecule has 0 aliphatic heterocycles. The van der Waals surface area contributed by atoms with Crippen molar-refractivity contribution in [2.75, 3.05) is 26.3 Å². The topological polar surface area (TPSA) is 21.3 Å². The van der Waals surface area contributed by atoms with Gasteiger partial charge in [0.1, 0.15) is 0 Å². The number of thiophene rings is 1. The normalized spacial score (nSPS) is 10.6. The molecule has 16 heavy (non-hydrogen) atoms. The van der Waals surface area contributed by atoms with Crippen molar-refractivity contribution < 1.29 is 4.74 Å². The summed E-state index contributed by atoms with van der Waals surface area (Å²) in [7, 11) is 0. The lowest BCUT2D eigenvalue weighted by molar-refractivity contribution is 0.139. The maximum Gasteiger partial charge on any atom is 0.0591 e. The van der Waals surface area contributed by atoms with Crippen LogP contribution >= 0.6 is 11.3 Å². The SMILES string of the molecule is C=C(C)CCOCCNCCc1cccs1. The lowest BCUT2D eigenvalue weighted by atomic mass is 10.3. The van der Waals surface area contributed by atoms with Gasteiger partial charge in [-0.15, -0.1) is 17.9 Å². The molecule has 0 aliphatic carbocycles. The Morgan fingerprint density at radius 2 is 2.31 bits per heavy atom. The number of hydrogen-bond acceptors (Lipinski definition) is 3. The Morgan fingerprint density at radius 1 is 1.44 bits per heavy atom. The molecule has 0 saturated carbocycles. The van der Waals surface area contributed by atoms with Crippen molar-refractivity contribution in [3.63, 3.8) is 0 Å². The van der Waals surface area contributed by atoms with Crippen LogP contribution in [-0.4, -0.2) is 26.3 Å². The molecule has 2 nitrogen and oxygen atoms in total. The summed E-state index contributed by atoms with van der Waals surface area (Å²) in [5, 5.41) is 5.49. The maximum absolute atomic E-state index is 5.46. The smallest absolute Gasteiger partial charge is 0.0591 e. The minimum Gasteiger partial charge on any atom is -0.380 e. The molecule has 0 atom stereocenters. The Labute approximate surface area is 102 Å². The second-order valence-corrected chi connectivity index (χ2v) is 4.93. The first kappa shape index (κ1) is 13.4. The Kier molecular flexibility index (Phi) is 7.14. The highest BCUT2D eigenvalue weighted by molar-refractivity contribution is 7.09. The molecule has 0 aromatic carbocycles. The van der Waals surface area contributed by atoms with Crippen LogP contribution < -0.4 is 5.32 Å². The molecule has 1 heterocycles. The molecular formula is C13H21NOS. The van der Waals surface area contributed by atoms with Gasteiger partial charge < -0.3 is 10.1 Å². The van der Waals surface area contributed by atoms with E-state index in [4.69, 9.17) is 4.74 Å². The van der Waals surface area contributed by atoms with Crippen molar-refractivity contribution in [1.82, 2.24) is 5.32 Å². The van der Waals surface area contributed by atoms with E-state index >= 15 is 0 Å². The highest BCUT2D eigenvalue weighted by atomic mass is 32.1. The lowest BCUT2D eigenvalue weighted by Gasteiger charge is -2.05. The quantitative estimate of drug-likeness (QED) is 0.528. The largest absolute Gasteiger partial charge is 0.380 e. The summed E-state index contributed by atoms with van der Waals surface area (Å²) in [6, 6.07) is 4.27.